The average Bonchev–Trinajstić information content (AvgIpc) is 3.28. The minimum absolute atomic E-state index is 0.00723. The van der Waals surface area contributed by atoms with E-state index in [0.717, 1.165) is 0 Å². The number of carboxylic acids is 1. The molecule has 1 aliphatic heterocycles. The summed E-state index contributed by atoms with van der Waals surface area (Å²) in [5, 5.41) is 12.4. The van der Waals surface area contributed by atoms with E-state index in [1.807, 2.05) is 0 Å². The second kappa shape index (κ2) is 9.00. The number of sulfone groups is 1. The van der Waals surface area contributed by atoms with Crippen molar-refractivity contribution in [2.24, 2.45) is 0 Å². The molecule has 8 nitrogen and oxygen atoms in total. The van der Waals surface area contributed by atoms with Crippen LogP contribution in [0.2, 0.25) is 5.02 Å². The highest BCUT2D eigenvalue weighted by atomic mass is 35.5. The summed E-state index contributed by atoms with van der Waals surface area (Å²) in [5.74, 6) is -0.872. The van der Waals surface area contributed by atoms with Crippen molar-refractivity contribution in [3.63, 3.8) is 0 Å². The molecule has 0 atom stereocenters. The molecule has 0 aliphatic carbocycles. The van der Waals surface area contributed by atoms with Crippen LogP contribution in [0.4, 0.5) is 5.69 Å². The predicted molar refractivity (Wildman–Crippen MR) is 128 cm³/mol. The Morgan fingerprint density at radius 2 is 1.88 bits per heavy atom. The maximum atomic E-state index is 13.5. The molecule has 10 heteroatoms. The monoisotopic (exact) mass is 500 g/mol. The van der Waals surface area contributed by atoms with Crippen molar-refractivity contribution < 1.29 is 27.9 Å². The van der Waals surface area contributed by atoms with Gasteiger partial charge in [-0.3, -0.25) is 9.59 Å². The molecule has 0 radical (unpaired) electrons. The van der Waals surface area contributed by atoms with E-state index in [-0.39, 0.29) is 28.5 Å². The normalized spacial score (nSPS) is 14.2. The molecule has 0 saturated heterocycles. The van der Waals surface area contributed by atoms with Crippen molar-refractivity contribution in [3.05, 3.63) is 70.0 Å². The number of nitrogens with one attached hydrogen (secondary N) is 2. The quantitative estimate of drug-likeness (QED) is 0.415. The zero-order valence-corrected chi connectivity index (χ0v) is 19.9. The number of carbonyl (C=O) groups is 2. The standard InChI is InChI=1S/C24H21ClN2O6S/c1-13-23(34(31,32)16-6-3-14(25)4-7-16)17(8-10-22(28)29)21(26-13)12-19-18-11-15(33-2)5-9-20(18)27-24(19)30/h3-7,9,11-12,26H,8,10H2,1-2H3,(H,27,30)(H,28,29). The van der Waals surface area contributed by atoms with Gasteiger partial charge in [0.2, 0.25) is 9.84 Å². The summed E-state index contributed by atoms with van der Waals surface area (Å²) < 4.78 is 32.3. The lowest BCUT2D eigenvalue weighted by atomic mass is 10.0. The third-order valence-electron chi connectivity index (χ3n) is 5.54. The summed E-state index contributed by atoms with van der Waals surface area (Å²) in [6, 6.07) is 10.9. The number of halogens is 1. The van der Waals surface area contributed by atoms with Crippen LogP contribution in [0.5, 0.6) is 5.75 Å². The van der Waals surface area contributed by atoms with Crippen LogP contribution in [0.1, 0.15) is 28.9 Å². The number of hydrogen-bond acceptors (Lipinski definition) is 5. The summed E-state index contributed by atoms with van der Waals surface area (Å²) in [6.45, 7) is 1.60. The van der Waals surface area contributed by atoms with Crippen LogP contribution in [0.25, 0.3) is 11.6 Å². The van der Waals surface area contributed by atoms with E-state index in [1.54, 1.807) is 31.2 Å². The van der Waals surface area contributed by atoms with Gasteiger partial charge in [0.1, 0.15) is 5.75 Å². The van der Waals surface area contributed by atoms with E-state index in [9.17, 15) is 23.1 Å². The van der Waals surface area contributed by atoms with E-state index in [2.05, 4.69) is 10.3 Å². The third kappa shape index (κ3) is 4.32. The van der Waals surface area contributed by atoms with Gasteiger partial charge in [-0.2, -0.15) is 0 Å². The number of aromatic amines is 1. The molecular formula is C24H21ClN2O6S. The first-order chi connectivity index (χ1) is 16.1. The van der Waals surface area contributed by atoms with Crippen molar-refractivity contribution in [1.82, 2.24) is 4.98 Å². The number of ether oxygens (including phenoxy) is 1. The number of rotatable bonds is 7. The Kier molecular flexibility index (Phi) is 6.24. The molecule has 0 unspecified atom stereocenters. The first-order valence-electron chi connectivity index (χ1n) is 10.3. The number of carboxylic acid groups (broad SMARTS) is 1. The molecule has 0 fully saturated rings. The molecule has 2 heterocycles. The second-order valence-corrected chi connectivity index (χ2v) is 10.1. The number of amides is 1. The Hall–Kier alpha value is -3.56. The number of carbonyl (C=O) groups excluding carboxylic acids is 1. The van der Waals surface area contributed by atoms with Crippen LogP contribution >= 0.6 is 11.6 Å². The van der Waals surface area contributed by atoms with Crippen molar-refractivity contribution >= 4 is 50.7 Å². The van der Waals surface area contributed by atoms with Crippen molar-refractivity contribution in [2.45, 2.75) is 29.6 Å². The lowest BCUT2D eigenvalue weighted by molar-refractivity contribution is -0.137. The Labute approximate surface area is 201 Å². The molecule has 4 rings (SSSR count). The first kappa shape index (κ1) is 23.6. The predicted octanol–water partition coefficient (Wildman–Crippen LogP) is 4.33. The maximum absolute atomic E-state index is 13.5. The topological polar surface area (TPSA) is 126 Å². The molecule has 34 heavy (non-hydrogen) atoms. The van der Waals surface area contributed by atoms with Crippen molar-refractivity contribution in [2.75, 3.05) is 12.4 Å². The number of aryl methyl sites for hydroxylation is 1. The molecule has 1 aromatic heterocycles. The van der Waals surface area contributed by atoms with Crippen molar-refractivity contribution in [1.29, 1.82) is 0 Å². The van der Waals surface area contributed by atoms with Gasteiger partial charge in [0, 0.05) is 34.1 Å². The minimum atomic E-state index is -4.00. The van der Waals surface area contributed by atoms with Crippen LogP contribution < -0.4 is 10.1 Å². The molecule has 0 bridgehead atoms. The molecule has 0 saturated carbocycles. The van der Waals surface area contributed by atoms with Crippen LogP contribution in [0.3, 0.4) is 0 Å². The van der Waals surface area contributed by atoms with Gasteiger partial charge >= 0.3 is 5.97 Å². The number of methoxy groups -OCH3 is 1. The van der Waals surface area contributed by atoms with Crippen LogP contribution in [0, 0.1) is 6.92 Å². The minimum Gasteiger partial charge on any atom is -0.497 e. The molecule has 0 spiro atoms. The molecule has 1 amide bonds. The first-order valence-corrected chi connectivity index (χ1v) is 12.1. The largest absolute Gasteiger partial charge is 0.497 e. The van der Waals surface area contributed by atoms with Gasteiger partial charge in [0.05, 0.1) is 22.5 Å². The van der Waals surface area contributed by atoms with E-state index in [0.29, 0.717) is 44.5 Å². The average molecular weight is 501 g/mol. The second-order valence-electron chi connectivity index (χ2n) is 7.75. The SMILES string of the molecule is COc1ccc2c(c1)C(=Cc1[nH]c(C)c(S(=O)(=O)c3ccc(Cl)cc3)c1CCC(=O)O)C(=O)N2. The highest BCUT2D eigenvalue weighted by Crippen LogP contribution is 2.38. The molecule has 3 N–H and O–H groups in total. The Morgan fingerprint density at radius 1 is 1.18 bits per heavy atom. The fourth-order valence-electron chi connectivity index (χ4n) is 3.96. The summed E-state index contributed by atoms with van der Waals surface area (Å²) in [7, 11) is -2.48. The highest BCUT2D eigenvalue weighted by Gasteiger charge is 2.30. The molecule has 176 valence electrons. The summed E-state index contributed by atoms with van der Waals surface area (Å²) in [6.07, 6.45) is 1.21. The van der Waals surface area contributed by atoms with Gasteiger partial charge in [-0.15, -0.1) is 0 Å². The van der Waals surface area contributed by atoms with E-state index >= 15 is 0 Å². The smallest absolute Gasteiger partial charge is 0.303 e. The van der Waals surface area contributed by atoms with Gasteiger partial charge < -0.3 is 20.1 Å². The van der Waals surface area contributed by atoms with Gasteiger partial charge in [-0.1, -0.05) is 11.6 Å². The lowest BCUT2D eigenvalue weighted by Crippen LogP contribution is -2.08. The van der Waals surface area contributed by atoms with E-state index in [4.69, 9.17) is 16.3 Å². The van der Waals surface area contributed by atoms with Crippen LogP contribution in [-0.2, 0) is 25.8 Å². The van der Waals surface area contributed by atoms with E-state index < -0.39 is 15.8 Å². The number of hydrogen-bond donors (Lipinski definition) is 3. The molecule has 2 aromatic carbocycles. The molecular weight excluding hydrogens is 480 g/mol. The zero-order valence-electron chi connectivity index (χ0n) is 18.3. The maximum Gasteiger partial charge on any atom is 0.303 e. The van der Waals surface area contributed by atoms with Crippen LogP contribution in [-0.4, -0.2) is 37.5 Å². The summed E-state index contributed by atoms with van der Waals surface area (Å²) in [5.41, 5.74) is 2.50. The van der Waals surface area contributed by atoms with Gasteiger partial charge in [0.15, 0.2) is 0 Å². The fourth-order valence-corrected chi connectivity index (χ4v) is 5.81. The fraction of sp³-hybridized carbons (Fsp3) is 0.167. The number of H-pyrrole nitrogens is 1. The lowest BCUT2D eigenvalue weighted by Gasteiger charge is -2.08. The van der Waals surface area contributed by atoms with Gasteiger partial charge in [0.25, 0.3) is 5.91 Å². The summed E-state index contributed by atoms with van der Waals surface area (Å²) >= 11 is 5.91. The number of aromatic nitrogens is 1. The molecule has 1 aliphatic rings. The number of anilines is 1. The Balaban J connectivity index is 1.89. The zero-order chi connectivity index (χ0) is 24.6. The summed E-state index contributed by atoms with van der Waals surface area (Å²) in [4.78, 5) is 27.1. The Bertz CT molecular complexity index is 1440. The third-order valence-corrected chi connectivity index (χ3v) is 7.78. The number of aliphatic carboxylic acids is 1. The number of fused-ring (bicyclic) bond motifs is 1. The number of benzene rings is 2. The van der Waals surface area contributed by atoms with Gasteiger partial charge in [-0.25, -0.2) is 8.42 Å². The van der Waals surface area contributed by atoms with E-state index in [1.165, 1.54) is 31.4 Å². The Morgan fingerprint density at radius 3 is 2.53 bits per heavy atom. The van der Waals surface area contributed by atoms with Crippen LogP contribution in [0.15, 0.2) is 52.3 Å². The molecule has 3 aromatic rings. The van der Waals surface area contributed by atoms with Crippen molar-refractivity contribution in [3.8, 4) is 5.75 Å². The van der Waals surface area contributed by atoms with Gasteiger partial charge in [-0.05, 0) is 67.4 Å². The highest BCUT2D eigenvalue weighted by molar-refractivity contribution is 7.91.